The molecule has 4 saturated carbocycles. The maximum Gasteiger partial charge on any atom is 0.161 e. The number of hydrogen-bond acceptors (Lipinski definition) is 4. The summed E-state index contributed by atoms with van der Waals surface area (Å²) in [5, 5.41) is 7.93. The summed E-state index contributed by atoms with van der Waals surface area (Å²) < 4.78 is 11.0. The van der Waals surface area contributed by atoms with E-state index in [1.807, 2.05) is 6.07 Å². The van der Waals surface area contributed by atoms with Gasteiger partial charge in [0, 0.05) is 29.9 Å². The maximum absolute atomic E-state index is 5.55. The Bertz CT molecular complexity index is 960. The Morgan fingerprint density at radius 1 is 0.970 bits per heavy atom. The van der Waals surface area contributed by atoms with Gasteiger partial charge in [0.15, 0.2) is 11.5 Å². The van der Waals surface area contributed by atoms with Crippen LogP contribution in [0.5, 0.6) is 11.5 Å². The highest BCUT2D eigenvalue weighted by molar-refractivity contribution is 5.79. The summed E-state index contributed by atoms with van der Waals surface area (Å²) in [5.74, 6) is 4.40. The molecule has 0 aromatic heterocycles. The fourth-order valence-corrected chi connectivity index (χ4v) is 7.51. The molecule has 2 aromatic carbocycles. The first-order valence-electron chi connectivity index (χ1n) is 12.8. The number of benzene rings is 2. The van der Waals surface area contributed by atoms with Crippen LogP contribution in [0.25, 0.3) is 11.1 Å². The highest BCUT2D eigenvalue weighted by Gasteiger charge is 2.54. The minimum absolute atomic E-state index is 0.395. The van der Waals surface area contributed by atoms with Crippen molar-refractivity contribution in [2.24, 2.45) is 23.2 Å². The zero-order chi connectivity index (χ0) is 23.0. The van der Waals surface area contributed by atoms with Gasteiger partial charge in [0.2, 0.25) is 0 Å². The van der Waals surface area contributed by atoms with Crippen LogP contribution in [-0.4, -0.2) is 32.8 Å². The summed E-state index contributed by atoms with van der Waals surface area (Å²) in [6.45, 7) is 5.87. The van der Waals surface area contributed by atoms with Crippen molar-refractivity contribution in [1.29, 1.82) is 0 Å². The van der Waals surface area contributed by atoms with Gasteiger partial charge in [-0.1, -0.05) is 38.1 Å². The minimum Gasteiger partial charge on any atom is -0.493 e. The molecule has 4 atom stereocenters. The van der Waals surface area contributed by atoms with E-state index in [1.165, 1.54) is 43.4 Å². The lowest BCUT2D eigenvalue weighted by atomic mass is 9.48. The van der Waals surface area contributed by atoms with Gasteiger partial charge in [-0.2, -0.15) is 0 Å². The van der Waals surface area contributed by atoms with Crippen molar-refractivity contribution < 1.29 is 9.47 Å². The minimum atomic E-state index is 0.395. The molecule has 0 amide bonds. The topological polar surface area (TPSA) is 42.5 Å². The molecule has 0 heterocycles. The summed E-state index contributed by atoms with van der Waals surface area (Å²) in [6, 6.07) is 15.8. The van der Waals surface area contributed by atoms with Crippen LogP contribution >= 0.6 is 0 Å². The van der Waals surface area contributed by atoms with Crippen molar-refractivity contribution in [1.82, 2.24) is 5.32 Å². The SMILES string of the molecule is CCC(CNC1C2CC3CC(C2)CC1(C)C3)Nc1ccccc1-c1ccc(OC)c(OC)c1. The zero-order valence-electron chi connectivity index (χ0n) is 20.7. The molecule has 0 spiro atoms. The van der Waals surface area contributed by atoms with Crippen LogP contribution in [-0.2, 0) is 0 Å². The Labute approximate surface area is 199 Å². The highest BCUT2D eigenvalue weighted by Crippen LogP contribution is 2.59. The smallest absolute Gasteiger partial charge is 0.161 e. The molecular weight excluding hydrogens is 408 g/mol. The van der Waals surface area contributed by atoms with Gasteiger partial charge < -0.3 is 20.1 Å². The molecule has 4 heteroatoms. The summed E-state index contributed by atoms with van der Waals surface area (Å²) >= 11 is 0. The highest BCUT2D eigenvalue weighted by atomic mass is 16.5. The second-order valence-electron chi connectivity index (χ2n) is 11.0. The number of nitrogens with one attached hydrogen (secondary N) is 2. The third kappa shape index (κ3) is 4.35. The average Bonchev–Trinajstić information content (AvgIpc) is 2.81. The quantitative estimate of drug-likeness (QED) is 0.468. The molecule has 178 valence electrons. The Morgan fingerprint density at radius 2 is 1.70 bits per heavy atom. The van der Waals surface area contributed by atoms with E-state index >= 15 is 0 Å². The van der Waals surface area contributed by atoms with E-state index in [1.54, 1.807) is 14.2 Å². The van der Waals surface area contributed by atoms with Crippen molar-refractivity contribution in [2.75, 3.05) is 26.1 Å². The number of para-hydroxylation sites is 1. The van der Waals surface area contributed by atoms with Crippen molar-refractivity contribution >= 4 is 5.69 Å². The van der Waals surface area contributed by atoms with Crippen LogP contribution < -0.4 is 20.1 Å². The molecule has 0 saturated heterocycles. The molecule has 4 fully saturated rings. The number of hydrogen-bond donors (Lipinski definition) is 2. The van der Waals surface area contributed by atoms with E-state index in [0.717, 1.165) is 47.8 Å². The molecule has 33 heavy (non-hydrogen) atoms. The van der Waals surface area contributed by atoms with Gasteiger partial charge in [-0.3, -0.25) is 0 Å². The van der Waals surface area contributed by atoms with E-state index < -0.39 is 0 Å². The average molecular weight is 449 g/mol. The van der Waals surface area contributed by atoms with Crippen LogP contribution in [0.3, 0.4) is 0 Å². The maximum atomic E-state index is 5.55. The van der Waals surface area contributed by atoms with E-state index in [4.69, 9.17) is 9.47 Å². The van der Waals surface area contributed by atoms with Gasteiger partial charge in [-0.25, -0.2) is 0 Å². The number of anilines is 1. The molecule has 2 aromatic rings. The van der Waals surface area contributed by atoms with Gasteiger partial charge in [0.05, 0.1) is 14.2 Å². The second-order valence-corrected chi connectivity index (χ2v) is 11.0. The number of methoxy groups -OCH3 is 2. The summed E-state index contributed by atoms with van der Waals surface area (Å²) in [6.07, 6.45) is 8.37. The van der Waals surface area contributed by atoms with E-state index in [0.29, 0.717) is 17.5 Å². The Morgan fingerprint density at radius 3 is 2.36 bits per heavy atom. The van der Waals surface area contributed by atoms with Crippen molar-refractivity contribution in [3.63, 3.8) is 0 Å². The van der Waals surface area contributed by atoms with E-state index in [2.05, 4.69) is 60.9 Å². The predicted octanol–water partition coefficient (Wildman–Crippen LogP) is 6.37. The molecule has 4 bridgehead atoms. The molecule has 0 aliphatic heterocycles. The normalized spacial score (nSPS) is 30.8. The molecule has 6 rings (SSSR count). The molecule has 4 nitrogen and oxygen atoms in total. The van der Waals surface area contributed by atoms with Crippen LogP contribution in [0.4, 0.5) is 5.69 Å². The number of ether oxygens (including phenoxy) is 2. The summed E-state index contributed by atoms with van der Waals surface area (Å²) in [7, 11) is 3.37. The van der Waals surface area contributed by atoms with Gasteiger partial charge in [0.1, 0.15) is 0 Å². The summed E-state index contributed by atoms with van der Waals surface area (Å²) in [4.78, 5) is 0. The Hall–Kier alpha value is -2.20. The van der Waals surface area contributed by atoms with Crippen molar-refractivity contribution in [3.8, 4) is 22.6 Å². The molecule has 2 N–H and O–H groups in total. The van der Waals surface area contributed by atoms with E-state index in [9.17, 15) is 0 Å². The third-order valence-electron chi connectivity index (χ3n) is 8.73. The van der Waals surface area contributed by atoms with Crippen molar-refractivity contribution in [2.45, 2.75) is 64.5 Å². The molecule has 0 radical (unpaired) electrons. The Balaban J connectivity index is 1.30. The first-order valence-corrected chi connectivity index (χ1v) is 12.8. The first-order chi connectivity index (χ1) is 16.0. The molecule has 4 aliphatic rings. The van der Waals surface area contributed by atoms with Crippen LogP contribution in [0, 0.1) is 23.2 Å². The molecule has 4 aliphatic carbocycles. The van der Waals surface area contributed by atoms with Gasteiger partial charge in [-0.05, 0) is 85.5 Å². The van der Waals surface area contributed by atoms with Crippen LogP contribution in [0.15, 0.2) is 42.5 Å². The van der Waals surface area contributed by atoms with Gasteiger partial charge >= 0.3 is 0 Å². The monoisotopic (exact) mass is 448 g/mol. The fraction of sp³-hybridized carbons (Fsp3) is 0.586. The lowest BCUT2D eigenvalue weighted by Gasteiger charge is -2.60. The van der Waals surface area contributed by atoms with Crippen LogP contribution in [0.1, 0.15) is 52.4 Å². The molecular formula is C29H40N2O2. The molecule has 4 unspecified atom stereocenters. The lowest BCUT2D eigenvalue weighted by molar-refractivity contribution is -0.0739. The van der Waals surface area contributed by atoms with Crippen molar-refractivity contribution in [3.05, 3.63) is 42.5 Å². The largest absolute Gasteiger partial charge is 0.493 e. The standard InChI is InChI=1S/C29H40N2O2/c1-5-23(18-30-28-22-13-19-12-20(14-22)17-29(28,2)16-19)31-25-9-7-6-8-24(25)21-10-11-26(32-3)27(15-21)33-4/h6-11,15,19-20,22-23,28,30-31H,5,12-14,16-18H2,1-4H3. The zero-order valence-corrected chi connectivity index (χ0v) is 20.7. The third-order valence-corrected chi connectivity index (χ3v) is 8.73. The predicted molar refractivity (Wildman–Crippen MR) is 136 cm³/mol. The lowest BCUT2D eigenvalue weighted by Crippen LogP contribution is -2.61. The van der Waals surface area contributed by atoms with E-state index in [-0.39, 0.29) is 0 Å². The van der Waals surface area contributed by atoms with Gasteiger partial charge in [-0.15, -0.1) is 0 Å². The number of rotatable bonds is 9. The fourth-order valence-electron chi connectivity index (χ4n) is 7.51. The van der Waals surface area contributed by atoms with Gasteiger partial charge in [0.25, 0.3) is 0 Å². The first kappa shape index (κ1) is 22.6. The summed E-state index contributed by atoms with van der Waals surface area (Å²) in [5.41, 5.74) is 4.00. The second kappa shape index (κ2) is 9.21. The van der Waals surface area contributed by atoms with Crippen LogP contribution in [0.2, 0.25) is 0 Å². The Kier molecular flexibility index (Phi) is 6.30.